The predicted molar refractivity (Wildman–Crippen MR) is 135 cm³/mol. The van der Waals surface area contributed by atoms with Gasteiger partial charge < -0.3 is 19.5 Å². The number of anilines is 1. The molecule has 1 aliphatic heterocycles. The Morgan fingerprint density at radius 3 is 2.47 bits per heavy atom. The van der Waals surface area contributed by atoms with Gasteiger partial charge in [0, 0.05) is 17.8 Å². The second kappa shape index (κ2) is 10.4. The summed E-state index contributed by atoms with van der Waals surface area (Å²) < 4.78 is 19.0. The Labute approximate surface area is 204 Å². The lowest BCUT2D eigenvalue weighted by molar-refractivity contribution is -0.193. The molecular weight excluding hydrogens is 426 g/mol. The lowest BCUT2D eigenvalue weighted by Gasteiger charge is -2.44. The lowest BCUT2D eigenvalue weighted by Crippen LogP contribution is -2.52. The Hall–Kier alpha value is -2.53. The van der Waals surface area contributed by atoms with Crippen molar-refractivity contribution in [3.8, 4) is 5.75 Å². The van der Waals surface area contributed by atoms with Crippen LogP contribution in [0.5, 0.6) is 5.75 Å². The Kier molecular flexibility index (Phi) is 7.51. The molecular formula is C29H39NO4. The minimum absolute atomic E-state index is 0.0202. The minimum atomic E-state index is -0.701. The van der Waals surface area contributed by atoms with E-state index >= 15 is 0 Å². The molecule has 0 bridgehead atoms. The average molecular weight is 466 g/mol. The lowest BCUT2D eigenvalue weighted by atomic mass is 9.86. The number of ether oxygens (including phenoxy) is 3. The van der Waals surface area contributed by atoms with Crippen molar-refractivity contribution in [2.45, 2.75) is 97.2 Å². The molecule has 1 aliphatic carbocycles. The molecule has 5 heteroatoms. The van der Waals surface area contributed by atoms with Crippen LogP contribution in [0.25, 0.3) is 0 Å². The van der Waals surface area contributed by atoms with Crippen molar-refractivity contribution < 1.29 is 19.0 Å². The monoisotopic (exact) mass is 465 g/mol. The summed E-state index contributed by atoms with van der Waals surface area (Å²) in [4.78, 5) is 13.1. The molecule has 0 saturated heterocycles. The highest BCUT2D eigenvalue weighted by Gasteiger charge is 2.48. The number of hydrogen-bond donors (Lipinski definition) is 1. The first-order valence-corrected chi connectivity index (χ1v) is 12.7. The Morgan fingerprint density at radius 2 is 1.79 bits per heavy atom. The Balaban J connectivity index is 1.57. The van der Waals surface area contributed by atoms with Gasteiger partial charge in [-0.15, -0.1) is 0 Å². The summed E-state index contributed by atoms with van der Waals surface area (Å²) in [7, 11) is 0. The van der Waals surface area contributed by atoms with Gasteiger partial charge in [-0.2, -0.15) is 0 Å². The zero-order valence-corrected chi connectivity index (χ0v) is 21.2. The molecule has 0 amide bonds. The van der Waals surface area contributed by atoms with Gasteiger partial charge in [-0.25, -0.2) is 0 Å². The van der Waals surface area contributed by atoms with Gasteiger partial charge in [-0.3, -0.25) is 4.79 Å². The largest absolute Gasteiger partial charge is 0.483 e. The number of benzene rings is 2. The van der Waals surface area contributed by atoms with E-state index in [0.717, 1.165) is 49.2 Å². The molecule has 184 valence electrons. The van der Waals surface area contributed by atoms with Crippen LogP contribution in [0.1, 0.15) is 82.6 Å². The number of rotatable bonds is 7. The summed E-state index contributed by atoms with van der Waals surface area (Å²) in [5.74, 6) is 0.644. The summed E-state index contributed by atoms with van der Waals surface area (Å²) >= 11 is 0. The number of nitrogens with one attached hydrogen (secondary N) is 1. The zero-order chi connectivity index (χ0) is 24.3. The first kappa shape index (κ1) is 24.6. The number of esters is 1. The predicted octanol–water partition coefficient (Wildman–Crippen LogP) is 6.74. The summed E-state index contributed by atoms with van der Waals surface area (Å²) in [6.07, 6.45) is 4.26. The molecule has 1 N–H and O–H groups in total. The maximum atomic E-state index is 13.1. The SMILES string of the molecule is Cc1ccc(CNc2ccc3c(c2)C(OC(C)C)C(OC(=O)C2CCCCC2)C(C)(C)O3)cc1. The van der Waals surface area contributed by atoms with Crippen LogP contribution in [-0.4, -0.2) is 23.8 Å². The molecule has 0 aromatic heterocycles. The van der Waals surface area contributed by atoms with Crippen molar-refractivity contribution in [1.29, 1.82) is 0 Å². The molecule has 2 unspecified atom stereocenters. The molecule has 4 rings (SSSR count). The third kappa shape index (κ3) is 5.75. The fraction of sp³-hybridized carbons (Fsp3) is 0.552. The van der Waals surface area contributed by atoms with E-state index in [9.17, 15) is 4.79 Å². The van der Waals surface area contributed by atoms with Crippen molar-refractivity contribution in [3.05, 3.63) is 59.2 Å². The molecule has 2 aliphatic rings. The maximum absolute atomic E-state index is 13.1. The van der Waals surface area contributed by atoms with Crippen LogP contribution in [0.15, 0.2) is 42.5 Å². The third-order valence-corrected chi connectivity index (χ3v) is 6.87. The van der Waals surface area contributed by atoms with Crippen LogP contribution in [0.3, 0.4) is 0 Å². The topological polar surface area (TPSA) is 56.8 Å². The molecule has 2 aromatic carbocycles. The highest BCUT2D eigenvalue weighted by molar-refractivity contribution is 5.73. The molecule has 5 nitrogen and oxygen atoms in total. The van der Waals surface area contributed by atoms with Crippen LogP contribution in [0.4, 0.5) is 5.69 Å². The highest BCUT2D eigenvalue weighted by atomic mass is 16.6. The summed E-state index contributed by atoms with van der Waals surface area (Å²) in [5, 5.41) is 3.51. The van der Waals surface area contributed by atoms with Crippen LogP contribution in [-0.2, 0) is 20.8 Å². The van der Waals surface area contributed by atoms with E-state index in [1.54, 1.807) is 0 Å². The first-order valence-electron chi connectivity index (χ1n) is 12.7. The molecule has 2 aromatic rings. The summed E-state index contributed by atoms with van der Waals surface area (Å²) in [6.45, 7) is 10.8. The minimum Gasteiger partial charge on any atom is -0.483 e. The quantitative estimate of drug-likeness (QED) is 0.459. The normalized spacial score (nSPS) is 22.1. The van der Waals surface area contributed by atoms with Gasteiger partial charge in [0.25, 0.3) is 0 Å². The first-order chi connectivity index (χ1) is 16.2. The van der Waals surface area contributed by atoms with Crippen molar-refractivity contribution in [2.24, 2.45) is 5.92 Å². The van der Waals surface area contributed by atoms with Gasteiger partial charge in [-0.1, -0.05) is 49.1 Å². The van der Waals surface area contributed by atoms with Crippen molar-refractivity contribution in [3.63, 3.8) is 0 Å². The number of fused-ring (bicyclic) bond motifs is 1. The Morgan fingerprint density at radius 1 is 1.09 bits per heavy atom. The van der Waals surface area contributed by atoms with E-state index in [2.05, 4.69) is 42.6 Å². The maximum Gasteiger partial charge on any atom is 0.309 e. The smallest absolute Gasteiger partial charge is 0.309 e. The zero-order valence-electron chi connectivity index (χ0n) is 21.2. The van der Waals surface area contributed by atoms with Crippen LogP contribution in [0, 0.1) is 12.8 Å². The van der Waals surface area contributed by atoms with Gasteiger partial charge in [0.15, 0.2) is 6.10 Å². The number of carbonyl (C=O) groups is 1. The van der Waals surface area contributed by atoms with Crippen molar-refractivity contribution in [1.82, 2.24) is 0 Å². The average Bonchev–Trinajstić information content (AvgIpc) is 2.81. The number of hydrogen-bond acceptors (Lipinski definition) is 5. The molecule has 1 saturated carbocycles. The fourth-order valence-electron chi connectivity index (χ4n) is 4.95. The van der Waals surface area contributed by atoms with E-state index in [0.29, 0.717) is 0 Å². The van der Waals surface area contributed by atoms with Gasteiger partial charge in [0.1, 0.15) is 17.5 Å². The van der Waals surface area contributed by atoms with E-state index in [-0.39, 0.29) is 18.0 Å². The molecule has 34 heavy (non-hydrogen) atoms. The molecule has 1 fully saturated rings. The Bertz CT molecular complexity index is 976. The fourth-order valence-corrected chi connectivity index (χ4v) is 4.95. The summed E-state index contributed by atoms with van der Waals surface area (Å²) in [5.41, 5.74) is 3.67. The van der Waals surface area contributed by atoms with Gasteiger partial charge in [0.2, 0.25) is 0 Å². The molecule has 2 atom stereocenters. The molecule has 1 heterocycles. The second-order valence-electron chi connectivity index (χ2n) is 10.6. The van der Waals surface area contributed by atoms with Gasteiger partial charge in [-0.05, 0) is 71.2 Å². The standard InChI is InChI=1S/C29H39NO4/c1-19(2)32-26-24-17-23(30-18-21-13-11-20(3)12-14-21)15-16-25(24)34-29(4,5)27(26)33-28(31)22-9-7-6-8-10-22/h11-17,19,22,26-27,30H,6-10,18H2,1-5H3. The molecule has 0 radical (unpaired) electrons. The highest BCUT2D eigenvalue weighted by Crippen LogP contribution is 2.45. The molecule has 0 spiro atoms. The third-order valence-electron chi connectivity index (χ3n) is 6.87. The van der Waals surface area contributed by atoms with E-state index < -0.39 is 17.8 Å². The van der Waals surface area contributed by atoms with E-state index in [4.69, 9.17) is 14.2 Å². The van der Waals surface area contributed by atoms with Crippen LogP contribution < -0.4 is 10.1 Å². The van der Waals surface area contributed by atoms with Crippen LogP contribution >= 0.6 is 0 Å². The summed E-state index contributed by atoms with van der Waals surface area (Å²) in [6, 6.07) is 14.6. The van der Waals surface area contributed by atoms with Crippen molar-refractivity contribution in [2.75, 3.05) is 5.32 Å². The van der Waals surface area contributed by atoms with E-state index in [1.165, 1.54) is 17.5 Å². The van der Waals surface area contributed by atoms with Crippen LogP contribution in [0.2, 0.25) is 0 Å². The van der Waals surface area contributed by atoms with Gasteiger partial charge >= 0.3 is 5.97 Å². The van der Waals surface area contributed by atoms with E-state index in [1.807, 2.05) is 39.8 Å². The second-order valence-corrected chi connectivity index (χ2v) is 10.6. The van der Waals surface area contributed by atoms with Gasteiger partial charge in [0.05, 0.1) is 12.0 Å². The number of carbonyl (C=O) groups excluding carboxylic acids is 1. The number of aryl methyl sites for hydroxylation is 1. The van der Waals surface area contributed by atoms with Crippen molar-refractivity contribution >= 4 is 11.7 Å².